The number of anilines is 2. The second kappa shape index (κ2) is 2.92. The molecular formula is C9H9ClN2O. The molecule has 0 saturated heterocycles. The van der Waals surface area contributed by atoms with Crippen molar-refractivity contribution in [2.24, 2.45) is 0 Å². The van der Waals surface area contributed by atoms with Gasteiger partial charge < -0.3 is 10.6 Å². The third-order valence-electron chi connectivity index (χ3n) is 2.03. The predicted octanol–water partition coefficient (Wildman–Crippen LogP) is 2.09. The number of hydrogen-bond acceptors (Lipinski definition) is 2. The Labute approximate surface area is 81.1 Å². The van der Waals surface area contributed by atoms with E-state index in [2.05, 4.69) is 10.6 Å². The largest absolute Gasteiger partial charge is 0.371 e. The summed E-state index contributed by atoms with van der Waals surface area (Å²) in [4.78, 5) is 11.3. The summed E-state index contributed by atoms with van der Waals surface area (Å²) >= 11 is 5.94. The van der Waals surface area contributed by atoms with Crippen LogP contribution in [0.25, 0.3) is 0 Å². The van der Waals surface area contributed by atoms with Crippen molar-refractivity contribution in [1.82, 2.24) is 0 Å². The number of fused-ring (bicyclic) bond motifs is 1. The molecule has 1 aromatic carbocycles. The molecule has 2 rings (SSSR count). The van der Waals surface area contributed by atoms with Crippen molar-refractivity contribution < 1.29 is 4.79 Å². The molecular weight excluding hydrogens is 188 g/mol. The van der Waals surface area contributed by atoms with E-state index in [1.54, 1.807) is 19.1 Å². The van der Waals surface area contributed by atoms with Crippen LogP contribution in [0.3, 0.4) is 0 Å². The minimum Gasteiger partial charge on any atom is -0.371 e. The standard InChI is InChI=1S/C9H9ClN2O/c1-5-9(13)12-7-4-2-3-6(10)8(7)11-5/h2-5,11H,1H3,(H,12,13)/t5-/m0/s1. The molecule has 1 amide bonds. The van der Waals surface area contributed by atoms with E-state index < -0.39 is 0 Å². The van der Waals surface area contributed by atoms with Gasteiger partial charge >= 0.3 is 0 Å². The van der Waals surface area contributed by atoms with Gasteiger partial charge in [-0.15, -0.1) is 0 Å². The molecule has 1 aromatic rings. The van der Waals surface area contributed by atoms with E-state index in [0.717, 1.165) is 11.4 Å². The Balaban J connectivity index is 2.48. The highest BCUT2D eigenvalue weighted by atomic mass is 35.5. The Morgan fingerprint density at radius 1 is 1.46 bits per heavy atom. The van der Waals surface area contributed by atoms with E-state index in [-0.39, 0.29) is 11.9 Å². The number of nitrogens with one attached hydrogen (secondary N) is 2. The zero-order chi connectivity index (χ0) is 9.42. The zero-order valence-corrected chi connectivity index (χ0v) is 7.85. The molecule has 3 nitrogen and oxygen atoms in total. The Morgan fingerprint density at radius 3 is 3.00 bits per heavy atom. The highest BCUT2D eigenvalue weighted by Gasteiger charge is 2.22. The monoisotopic (exact) mass is 196 g/mol. The molecule has 0 spiro atoms. The van der Waals surface area contributed by atoms with Crippen LogP contribution in [0.2, 0.25) is 5.02 Å². The summed E-state index contributed by atoms with van der Waals surface area (Å²) in [5, 5.41) is 6.43. The van der Waals surface area contributed by atoms with Crippen LogP contribution >= 0.6 is 11.6 Å². The van der Waals surface area contributed by atoms with E-state index >= 15 is 0 Å². The van der Waals surface area contributed by atoms with Gasteiger partial charge in [-0.2, -0.15) is 0 Å². The Morgan fingerprint density at radius 2 is 2.23 bits per heavy atom. The third-order valence-corrected chi connectivity index (χ3v) is 2.34. The quantitative estimate of drug-likeness (QED) is 0.667. The van der Waals surface area contributed by atoms with Crippen molar-refractivity contribution in [1.29, 1.82) is 0 Å². The number of para-hydroxylation sites is 1. The molecule has 1 heterocycles. The molecule has 1 aliphatic heterocycles. The first kappa shape index (κ1) is 8.38. The zero-order valence-electron chi connectivity index (χ0n) is 7.10. The number of benzene rings is 1. The van der Waals surface area contributed by atoms with Crippen LogP contribution in [0.4, 0.5) is 11.4 Å². The van der Waals surface area contributed by atoms with Gasteiger partial charge in [0.05, 0.1) is 16.4 Å². The van der Waals surface area contributed by atoms with Crippen molar-refractivity contribution >= 4 is 28.9 Å². The van der Waals surface area contributed by atoms with Gasteiger partial charge in [0.2, 0.25) is 5.91 Å². The molecule has 0 unspecified atom stereocenters. The summed E-state index contributed by atoms with van der Waals surface area (Å²) in [6.45, 7) is 1.79. The maximum atomic E-state index is 11.3. The first-order valence-electron chi connectivity index (χ1n) is 4.04. The molecule has 0 saturated carbocycles. The van der Waals surface area contributed by atoms with Gasteiger partial charge in [-0.3, -0.25) is 4.79 Å². The maximum absolute atomic E-state index is 11.3. The average Bonchev–Trinajstić information content (AvgIpc) is 2.09. The summed E-state index contributed by atoms with van der Waals surface area (Å²) in [7, 11) is 0. The van der Waals surface area contributed by atoms with E-state index in [9.17, 15) is 4.79 Å². The lowest BCUT2D eigenvalue weighted by Crippen LogP contribution is -2.36. The summed E-state index contributed by atoms with van der Waals surface area (Å²) in [6.07, 6.45) is 0. The Hall–Kier alpha value is -1.22. The normalized spacial score (nSPS) is 20.2. The van der Waals surface area contributed by atoms with Crippen LogP contribution in [-0.2, 0) is 4.79 Å². The number of hydrogen-bond donors (Lipinski definition) is 2. The van der Waals surface area contributed by atoms with Crippen molar-refractivity contribution in [3.8, 4) is 0 Å². The van der Waals surface area contributed by atoms with Gasteiger partial charge in [-0.25, -0.2) is 0 Å². The summed E-state index contributed by atoms with van der Waals surface area (Å²) in [6, 6.07) is 5.18. The van der Waals surface area contributed by atoms with Crippen molar-refractivity contribution in [3.63, 3.8) is 0 Å². The molecule has 13 heavy (non-hydrogen) atoms. The first-order chi connectivity index (χ1) is 6.18. The molecule has 0 aromatic heterocycles. The van der Waals surface area contributed by atoms with Crippen LogP contribution in [-0.4, -0.2) is 11.9 Å². The fourth-order valence-corrected chi connectivity index (χ4v) is 1.53. The summed E-state index contributed by atoms with van der Waals surface area (Å²) in [5.74, 6) is -0.0326. The molecule has 1 aliphatic rings. The maximum Gasteiger partial charge on any atom is 0.246 e. The summed E-state index contributed by atoms with van der Waals surface area (Å²) < 4.78 is 0. The van der Waals surface area contributed by atoms with E-state index in [0.29, 0.717) is 5.02 Å². The number of carbonyl (C=O) groups excluding carboxylic acids is 1. The highest BCUT2D eigenvalue weighted by molar-refractivity contribution is 6.34. The van der Waals surface area contributed by atoms with E-state index in [1.807, 2.05) is 6.07 Å². The smallest absolute Gasteiger partial charge is 0.246 e. The van der Waals surface area contributed by atoms with Gasteiger partial charge in [0.25, 0.3) is 0 Å². The summed E-state index contributed by atoms with van der Waals surface area (Å²) in [5.41, 5.74) is 1.55. The lowest BCUT2D eigenvalue weighted by atomic mass is 10.1. The molecule has 0 bridgehead atoms. The predicted molar refractivity (Wildman–Crippen MR) is 53.2 cm³/mol. The fourth-order valence-electron chi connectivity index (χ4n) is 1.30. The van der Waals surface area contributed by atoms with E-state index in [4.69, 9.17) is 11.6 Å². The molecule has 1 atom stereocenters. The second-order valence-corrected chi connectivity index (χ2v) is 3.42. The molecule has 0 fully saturated rings. The number of rotatable bonds is 0. The highest BCUT2D eigenvalue weighted by Crippen LogP contribution is 2.33. The van der Waals surface area contributed by atoms with Crippen molar-refractivity contribution in [3.05, 3.63) is 23.2 Å². The Kier molecular flexibility index (Phi) is 1.88. The molecule has 0 aliphatic carbocycles. The van der Waals surface area contributed by atoms with Crippen LogP contribution in [0, 0.1) is 0 Å². The Bertz CT molecular complexity index is 365. The first-order valence-corrected chi connectivity index (χ1v) is 4.42. The third kappa shape index (κ3) is 1.35. The average molecular weight is 197 g/mol. The van der Waals surface area contributed by atoms with Crippen LogP contribution in [0.5, 0.6) is 0 Å². The SMILES string of the molecule is C[C@@H]1Nc2c(Cl)cccc2NC1=O. The van der Waals surface area contributed by atoms with E-state index in [1.165, 1.54) is 0 Å². The van der Waals surface area contributed by atoms with Gasteiger partial charge in [0.1, 0.15) is 6.04 Å². The lowest BCUT2D eigenvalue weighted by Gasteiger charge is -2.24. The van der Waals surface area contributed by atoms with Crippen LogP contribution in [0.1, 0.15) is 6.92 Å². The lowest BCUT2D eigenvalue weighted by molar-refractivity contribution is -0.116. The second-order valence-electron chi connectivity index (χ2n) is 3.02. The van der Waals surface area contributed by atoms with Gasteiger partial charge in [0.15, 0.2) is 0 Å². The van der Waals surface area contributed by atoms with Crippen LogP contribution < -0.4 is 10.6 Å². The molecule has 4 heteroatoms. The number of halogens is 1. The molecule has 68 valence electrons. The fraction of sp³-hybridized carbons (Fsp3) is 0.222. The number of amides is 1. The topological polar surface area (TPSA) is 41.1 Å². The minimum atomic E-state index is -0.229. The minimum absolute atomic E-state index is 0.0326. The van der Waals surface area contributed by atoms with Gasteiger partial charge in [0, 0.05) is 0 Å². The molecule has 0 radical (unpaired) electrons. The van der Waals surface area contributed by atoms with Gasteiger partial charge in [-0.05, 0) is 19.1 Å². The van der Waals surface area contributed by atoms with Gasteiger partial charge in [-0.1, -0.05) is 17.7 Å². The van der Waals surface area contributed by atoms with Crippen molar-refractivity contribution in [2.75, 3.05) is 10.6 Å². The van der Waals surface area contributed by atoms with Crippen LogP contribution in [0.15, 0.2) is 18.2 Å². The number of carbonyl (C=O) groups is 1. The molecule has 2 N–H and O–H groups in total. The van der Waals surface area contributed by atoms with Crippen molar-refractivity contribution in [2.45, 2.75) is 13.0 Å².